The van der Waals surface area contributed by atoms with Crippen molar-refractivity contribution in [2.24, 2.45) is 11.3 Å². The Labute approximate surface area is 157 Å². The van der Waals surface area contributed by atoms with E-state index in [2.05, 4.69) is 88.5 Å². The highest BCUT2D eigenvalue weighted by Gasteiger charge is 2.38. The van der Waals surface area contributed by atoms with Crippen molar-refractivity contribution in [2.45, 2.75) is 52.9 Å². The van der Waals surface area contributed by atoms with Crippen LogP contribution in [0.1, 0.15) is 58.6 Å². The molecule has 1 atom stereocenters. The minimum atomic E-state index is -0.00997. The minimum absolute atomic E-state index is 0.00997. The Morgan fingerprint density at radius 2 is 1.92 bits per heavy atom. The number of furan rings is 1. The van der Waals surface area contributed by atoms with Crippen LogP contribution in [0.5, 0.6) is 0 Å². The van der Waals surface area contributed by atoms with E-state index >= 15 is 0 Å². The maximum atomic E-state index is 6.21. The SMILES string of the molecule is CC(C)(C)C[C@H]1C=CC(Nc2cc3c(o2)-c2ccccc2C3(C)C)=CC1. The number of benzene rings is 1. The Bertz CT molecular complexity index is 889. The molecule has 0 saturated heterocycles. The van der Waals surface area contributed by atoms with E-state index in [0.717, 1.165) is 23.8 Å². The van der Waals surface area contributed by atoms with Crippen LogP contribution in [0.15, 0.2) is 58.7 Å². The van der Waals surface area contributed by atoms with Crippen LogP contribution < -0.4 is 5.32 Å². The Balaban J connectivity index is 1.52. The third-order valence-corrected chi connectivity index (χ3v) is 5.58. The first-order valence-corrected chi connectivity index (χ1v) is 9.64. The van der Waals surface area contributed by atoms with Gasteiger partial charge in [-0.1, -0.05) is 71.0 Å². The van der Waals surface area contributed by atoms with Crippen molar-refractivity contribution in [3.05, 3.63) is 65.4 Å². The molecule has 0 radical (unpaired) electrons. The number of hydrogen-bond acceptors (Lipinski definition) is 2. The molecule has 4 rings (SSSR count). The van der Waals surface area contributed by atoms with Crippen LogP contribution in [0.4, 0.5) is 5.88 Å². The molecule has 0 aliphatic heterocycles. The van der Waals surface area contributed by atoms with Crippen molar-refractivity contribution in [2.75, 3.05) is 5.32 Å². The molecule has 0 spiro atoms. The molecule has 1 heterocycles. The lowest BCUT2D eigenvalue weighted by Gasteiger charge is -2.25. The molecular formula is C24H29NO. The number of allylic oxidation sites excluding steroid dienone is 3. The highest BCUT2D eigenvalue weighted by Crippen LogP contribution is 2.50. The van der Waals surface area contributed by atoms with Crippen molar-refractivity contribution < 1.29 is 4.42 Å². The van der Waals surface area contributed by atoms with Gasteiger partial charge in [-0.25, -0.2) is 0 Å². The fourth-order valence-electron chi connectivity index (χ4n) is 4.33. The van der Waals surface area contributed by atoms with Crippen LogP contribution in [0.2, 0.25) is 0 Å². The van der Waals surface area contributed by atoms with Gasteiger partial charge in [-0.3, -0.25) is 0 Å². The Hall–Kier alpha value is -2.22. The van der Waals surface area contributed by atoms with Crippen molar-refractivity contribution in [3.8, 4) is 11.3 Å². The van der Waals surface area contributed by atoms with Crippen molar-refractivity contribution in [1.82, 2.24) is 0 Å². The molecule has 0 bridgehead atoms. The first-order chi connectivity index (χ1) is 12.2. The fraction of sp³-hybridized carbons (Fsp3) is 0.417. The Kier molecular flexibility index (Phi) is 3.91. The van der Waals surface area contributed by atoms with E-state index in [1.807, 2.05) is 0 Å². The zero-order chi connectivity index (χ0) is 18.5. The second-order valence-electron chi connectivity index (χ2n) is 9.43. The lowest BCUT2D eigenvalue weighted by Crippen LogP contribution is -2.14. The van der Waals surface area contributed by atoms with E-state index in [0.29, 0.717) is 11.3 Å². The van der Waals surface area contributed by atoms with E-state index in [1.165, 1.54) is 23.1 Å². The van der Waals surface area contributed by atoms with Gasteiger partial charge in [-0.15, -0.1) is 0 Å². The molecule has 2 nitrogen and oxygen atoms in total. The molecule has 26 heavy (non-hydrogen) atoms. The fourth-order valence-corrected chi connectivity index (χ4v) is 4.33. The van der Waals surface area contributed by atoms with Crippen molar-refractivity contribution in [3.63, 3.8) is 0 Å². The van der Waals surface area contributed by atoms with Gasteiger partial charge in [0.1, 0.15) is 5.76 Å². The van der Waals surface area contributed by atoms with Crippen LogP contribution >= 0.6 is 0 Å². The van der Waals surface area contributed by atoms with E-state index in [1.54, 1.807) is 0 Å². The van der Waals surface area contributed by atoms with Crippen LogP contribution in [0, 0.1) is 11.3 Å². The average Bonchev–Trinajstić information content (AvgIpc) is 3.07. The number of rotatable bonds is 3. The van der Waals surface area contributed by atoms with Gasteiger partial charge >= 0.3 is 0 Å². The molecule has 1 aromatic heterocycles. The smallest absolute Gasteiger partial charge is 0.198 e. The van der Waals surface area contributed by atoms with Gasteiger partial charge in [0.25, 0.3) is 0 Å². The lowest BCUT2D eigenvalue weighted by atomic mass is 9.82. The highest BCUT2D eigenvalue weighted by molar-refractivity contribution is 5.78. The molecule has 136 valence electrons. The third kappa shape index (κ3) is 3.02. The number of hydrogen-bond donors (Lipinski definition) is 1. The van der Waals surface area contributed by atoms with Crippen molar-refractivity contribution >= 4 is 5.88 Å². The molecule has 0 amide bonds. The van der Waals surface area contributed by atoms with Gasteiger partial charge in [0.05, 0.1) is 0 Å². The summed E-state index contributed by atoms with van der Waals surface area (Å²) in [6.45, 7) is 11.5. The predicted octanol–water partition coefficient (Wildman–Crippen LogP) is 6.89. The van der Waals surface area contributed by atoms with Gasteiger partial charge in [-0.2, -0.15) is 0 Å². The average molecular weight is 348 g/mol. The van der Waals surface area contributed by atoms with Crippen LogP contribution in [-0.2, 0) is 5.41 Å². The highest BCUT2D eigenvalue weighted by atomic mass is 16.4. The van der Waals surface area contributed by atoms with Crippen molar-refractivity contribution in [1.29, 1.82) is 0 Å². The maximum Gasteiger partial charge on any atom is 0.198 e. The summed E-state index contributed by atoms with van der Waals surface area (Å²) >= 11 is 0. The molecule has 0 unspecified atom stereocenters. The van der Waals surface area contributed by atoms with Crippen LogP contribution in [-0.4, -0.2) is 0 Å². The Morgan fingerprint density at radius 1 is 1.15 bits per heavy atom. The number of nitrogens with one attached hydrogen (secondary N) is 1. The van der Waals surface area contributed by atoms with Gasteiger partial charge < -0.3 is 9.73 Å². The third-order valence-electron chi connectivity index (χ3n) is 5.58. The van der Waals surface area contributed by atoms with E-state index in [9.17, 15) is 0 Å². The molecule has 2 aliphatic rings. The topological polar surface area (TPSA) is 25.2 Å². The summed E-state index contributed by atoms with van der Waals surface area (Å²) in [7, 11) is 0. The first kappa shape index (κ1) is 17.2. The standard InChI is InChI=1S/C24H29NO/c1-23(2,3)15-16-10-12-17(13-11-16)25-21-14-20-22(26-21)18-8-6-7-9-19(18)24(20,4)5/h6-10,12-14,16,25H,11,15H2,1-5H3/t16-/m0/s1. The van der Waals surface area contributed by atoms with Crippen LogP contribution in [0.25, 0.3) is 11.3 Å². The largest absolute Gasteiger partial charge is 0.440 e. The molecular weight excluding hydrogens is 318 g/mol. The predicted molar refractivity (Wildman–Crippen MR) is 109 cm³/mol. The minimum Gasteiger partial charge on any atom is -0.440 e. The van der Waals surface area contributed by atoms with E-state index < -0.39 is 0 Å². The number of anilines is 1. The molecule has 0 saturated carbocycles. The second-order valence-corrected chi connectivity index (χ2v) is 9.43. The van der Waals surface area contributed by atoms with E-state index in [-0.39, 0.29) is 5.41 Å². The zero-order valence-electron chi connectivity index (χ0n) is 16.5. The number of fused-ring (bicyclic) bond motifs is 3. The monoisotopic (exact) mass is 347 g/mol. The van der Waals surface area contributed by atoms with E-state index in [4.69, 9.17) is 4.42 Å². The summed E-state index contributed by atoms with van der Waals surface area (Å²) in [6.07, 6.45) is 9.14. The quantitative estimate of drug-likeness (QED) is 0.653. The summed E-state index contributed by atoms with van der Waals surface area (Å²) in [5.74, 6) is 2.48. The van der Waals surface area contributed by atoms with Gasteiger partial charge in [-0.05, 0) is 35.8 Å². The van der Waals surface area contributed by atoms with Gasteiger partial charge in [0, 0.05) is 28.3 Å². The molecule has 2 aromatic rings. The summed E-state index contributed by atoms with van der Waals surface area (Å²) in [4.78, 5) is 0. The lowest BCUT2D eigenvalue weighted by molar-refractivity contribution is 0.325. The normalized spacial score (nSPS) is 20.5. The first-order valence-electron chi connectivity index (χ1n) is 9.64. The summed E-state index contributed by atoms with van der Waals surface area (Å²) in [5.41, 5.74) is 5.33. The Morgan fingerprint density at radius 3 is 2.62 bits per heavy atom. The molecule has 2 aliphatic carbocycles. The second kappa shape index (κ2) is 5.90. The molecule has 0 fully saturated rings. The summed E-state index contributed by atoms with van der Waals surface area (Å²) in [5, 5.41) is 3.47. The zero-order valence-corrected chi connectivity index (χ0v) is 16.5. The van der Waals surface area contributed by atoms with Crippen LogP contribution in [0.3, 0.4) is 0 Å². The molecule has 1 aromatic carbocycles. The summed E-state index contributed by atoms with van der Waals surface area (Å²) in [6, 6.07) is 10.7. The van der Waals surface area contributed by atoms with Gasteiger partial charge in [0.2, 0.25) is 0 Å². The molecule has 2 heteroatoms. The summed E-state index contributed by atoms with van der Waals surface area (Å²) < 4.78 is 6.21. The maximum absolute atomic E-state index is 6.21. The van der Waals surface area contributed by atoms with Gasteiger partial charge in [0.15, 0.2) is 5.88 Å². The molecule has 1 N–H and O–H groups in total.